The van der Waals surface area contributed by atoms with Crippen LogP contribution in [0, 0.1) is 0 Å². The maximum Gasteiger partial charge on any atom is 0.273 e. The van der Waals surface area contributed by atoms with Crippen molar-refractivity contribution in [3.8, 4) is 0 Å². The van der Waals surface area contributed by atoms with Gasteiger partial charge in [0.15, 0.2) is 0 Å². The summed E-state index contributed by atoms with van der Waals surface area (Å²) >= 11 is 1.31. The highest BCUT2D eigenvalue weighted by Crippen LogP contribution is 2.10. The van der Waals surface area contributed by atoms with Crippen LogP contribution >= 0.6 is 11.3 Å². The molecule has 0 fully saturated rings. The van der Waals surface area contributed by atoms with Crippen molar-refractivity contribution in [1.29, 1.82) is 0 Å². The fourth-order valence-electron chi connectivity index (χ4n) is 1.00. The van der Waals surface area contributed by atoms with Crippen LogP contribution < -0.4 is 11.5 Å². The Morgan fingerprint density at radius 2 is 2.27 bits per heavy atom. The molecule has 0 unspecified atom stereocenters. The highest BCUT2D eigenvalue weighted by molar-refractivity contribution is 7.09. The lowest BCUT2D eigenvalue weighted by Gasteiger charge is -2.12. The van der Waals surface area contributed by atoms with Crippen molar-refractivity contribution in [2.75, 3.05) is 13.6 Å². The van der Waals surface area contributed by atoms with Crippen LogP contribution in [-0.2, 0) is 11.3 Å². The molecule has 1 aromatic heterocycles. The molecule has 0 spiro atoms. The number of rotatable bonds is 4. The van der Waals surface area contributed by atoms with Gasteiger partial charge in [0.05, 0.1) is 6.54 Å². The number of thiazole rings is 1. The Labute approximate surface area is 90.9 Å². The minimum atomic E-state index is -0.555. The second-order valence-corrected chi connectivity index (χ2v) is 3.90. The number of amides is 2. The summed E-state index contributed by atoms with van der Waals surface area (Å²) in [7, 11) is 1.49. The third-order valence-corrected chi connectivity index (χ3v) is 2.56. The van der Waals surface area contributed by atoms with E-state index in [0.717, 1.165) is 0 Å². The molecule has 15 heavy (non-hydrogen) atoms. The molecule has 0 aliphatic heterocycles. The van der Waals surface area contributed by atoms with Crippen molar-refractivity contribution < 1.29 is 9.59 Å². The SMILES string of the molecule is CN(CC(N)=O)C(=O)c1csc(CN)n1. The van der Waals surface area contributed by atoms with Crippen LogP contribution in [0.5, 0.6) is 0 Å². The average Bonchev–Trinajstić information content (AvgIpc) is 2.63. The fraction of sp³-hybridized carbons (Fsp3) is 0.375. The van der Waals surface area contributed by atoms with Gasteiger partial charge in [0, 0.05) is 19.0 Å². The van der Waals surface area contributed by atoms with Gasteiger partial charge in [-0.25, -0.2) is 4.98 Å². The van der Waals surface area contributed by atoms with E-state index in [1.54, 1.807) is 5.38 Å². The lowest BCUT2D eigenvalue weighted by molar-refractivity contribution is -0.118. The van der Waals surface area contributed by atoms with Gasteiger partial charge in [-0.3, -0.25) is 9.59 Å². The number of primary amides is 1. The number of aromatic nitrogens is 1. The molecule has 6 nitrogen and oxygen atoms in total. The smallest absolute Gasteiger partial charge is 0.273 e. The standard InChI is InChI=1S/C8H12N4O2S/c1-12(3-6(10)13)8(14)5-4-15-7(2-9)11-5/h4H,2-3,9H2,1H3,(H2,10,13). The Hall–Kier alpha value is -1.47. The molecule has 0 aromatic carbocycles. The topological polar surface area (TPSA) is 102 Å². The molecule has 0 saturated heterocycles. The van der Waals surface area contributed by atoms with Gasteiger partial charge in [0.1, 0.15) is 10.7 Å². The highest BCUT2D eigenvalue weighted by Gasteiger charge is 2.16. The second kappa shape index (κ2) is 4.85. The predicted octanol–water partition coefficient (Wildman–Crippen LogP) is -0.841. The van der Waals surface area contributed by atoms with Gasteiger partial charge in [0.25, 0.3) is 5.91 Å². The zero-order valence-corrected chi connectivity index (χ0v) is 9.08. The van der Waals surface area contributed by atoms with E-state index in [2.05, 4.69) is 4.98 Å². The van der Waals surface area contributed by atoms with Crippen molar-refractivity contribution in [3.63, 3.8) is 0 Å². The van der Waals surface area contributed by atoms with E-state index in [1.807, 2.05) is 0 Å². The number of hydrogen-bond donors (Lipinski definition) is 2. The summed E-state index contributed by atoms with van der Waals surface area (Å²) in [6.45, 7) is 0.186. The zero-order chi connectivity index (χ0) is 11.4. The van der Waals surface area contributed by atoms with Crippen LogP contribution in [-0.4, -0.2) is 35.3 Å². The maximum absolute atomic E-state index is 11.6. The Balaban J connectivity index is 2.71. The second-order valence-electron chi connectivity index (χ2n) is 2.96. The molecule has 0 saturated carbocycles. The Kier molecular flexibility index (Phi) is 3.75. The van der Waals surface area contributed by atoms with Crippen LogP contribution in [0.15, 0.2) is 5.38 Å². The third-order valence-electron chi connectivity index (χ3n) is 1.69. The summed E-state index contributed by atoms with van der Waals surface area (Å²) in [5.74, 6) is -0.884. The number of nitrogens with zero attached hydrogens (tertiary/aromatic N) is 2. The Bertz CT molecular complexity index is 376. The number of nitrogens with two attached hydrogens (primary N) is 2. The lowest BCUT2D eigenvalue weighted by Crippen LogP contribution is -2.35. The van der Waals surface area contributed by atoms with Gasteiger partial charge in [0.2, 0.25) is 5.91 Å². The molecule has 1 rings (SSSR count). The van der Waals surface area contributed by atoms with Crippen molar-refractivity contribution in [1.82, 2.24) is 9.88 Å². The van der Waals surface area contributed by atoms with E-state index in [9.17, 15) is 9.59 Å². The quantitative estimate of drug-likeness (QED) is 0.701. The predicted molar refractivity (Wildman–Crippen MR) is 56.2 cm³/mol. The largest absolute Gasteiger partial charge is 0.368 e. The van der Waals surface area contributed by atoms with Crippen molar-refractivity contribution >= 4 is 23.2 Å². The summed E-state index contributed by atoms with van der Waals surface area (Å²) in [5, 5.41) is 2.30. The van der Waals surface area contributed by atoms with E-state index in [0.29, 0.717) is 17.2 Å². The molecular formula is C8H12N4O2S. The zero-order valence-electron chi connectivity index (χ0n) is 8.27. The van der Waals surface area contributed by atoms with Crippen LogP contribution in [0.25, 0.3) is 0 Å². The number of carbonyl (C=O) groups is 2. The van der Waals surface area contributed by atoms with E-state index in [1.165, 1.54) is 23.3 Å². The van der Waals surface area contributed by atoms with Crippen LogP contribution in [0.2, 0.25) is 0 Å². The van der Waals surface area contributed by atoms with Crippen molar-refractivity contribution in [3.05, 3.63) is 16.1 Å². The molecule has 0 bridgehead atoms. The first-order valence-corrected chi connectivity index (χ1v) is 5.10. The number of carbonyl (C=O) groups excluding carboxylic acids is 2. The van der Waals surface area contributed by atoms with Crippen molar-refractivity contribution in [2.45, 2.75) is 6.54 Å². The van der Waals surface area contributed by atoms with Gasteiger partial charge >= 0.3 is 0 Å². The average molecular weight is 228 g/mol. The van der Waals surface area contributed by atoms with E-state index in [4.69, 9.17) is 11.5 Å². The Morgan fingerprint density at radius 1 is 1.60 bits per heavy atom. The number of likely N-dealkylation sites (N-methyl/N-ethyl adjacent to an activating group) is 1. The summed E-state index contributed by atoms with van der Waals surface area (Å²) in [5.41, 5.74) is 10.6. The van der Waals surface area contributed by atoms with Gasteiger partial charge in [-0.2, -0.15) is 0 Å². The van der Waals surface area contributed by atoms with Gasteiger partial charge in [-0.1, -0.05) is 0 Å². The maximum atomic E-state index is 11.6. The summed E-state index contributed by atoms with van der Waals surface area (Å²) < 4.78 is 0. The molecular weight excluding hydrogens is 216 g/mol. The summed E-state index contributed by atoms with van der Waals surface area (Å²) in [4.78, 5) is 27.5. The molecule has 1 heterocycles. The minimum absolute atomic E-state index is 0.117. The van der Waals surface area contributed by atoms with E-state index in [-0.39, 0.29) is 12.5 Å². The monoisotopic (exact) mass is 228 g/mol. The molecule has 2 amide bonds. The fourth-order valence-corrected chi connectivity index (χ4v) is 1.65. The first-order valence-electron chi connectivity index (χ1n) is 4.23. The first kappa shape index (κ1) is 11.6. The van der Waals surface area contributed by atoms with Crippen LogP contribution in [0.3, 0.4) is 0 Å². The van der Waals surface area contributed by atoms with Crippen molar-refractivity contribution in [2.24, 2.45) is 11.5 Å². The van der Waals surface area contributed by atoms with Crippen LogP contribution in [0.1, 0.15) is 15.5 Å². The molecule has 82 valence electrons. The van der Waals surface area contributed by atoms with Crippen LogP contribution in [0.4, 0.5) is 0 Å². The summed E-state index contributed by atoms with van der Waals surface area (Å²) in [6.07, 6.45) is 0. The molecule has 1 aromatic rings. The Morgan fingerprint density at radius 3 is 2.73 bits per heavy atom. The van der Waals surface area contributed by atoms with Gasteiger partial charge < -0.3 is 16.4 Å². The third kappa shape index (κ3) is 3.00. The normalized spacial score (nSPS) is 10.0. The number of hydrogen-bond acceptors (Lipinski definition) is 5. The van der Waals surface area contributed by atoms with Gasteiger partial charge in [-0.05, 0) is 0 Å². The lowest BCUT2D eigenvalue weighted by atomic mass is 10.4. The molecule has 0 aliphatic carbocycles. The van der Waals surface area contributed by atoms with E-state index >= 15 is 0 Å². The first-order chi connectivity index (χ1) is 7.04. The molecule has 4 N–H and O–H groups in total. The van der Waals surface area contributed by atoms with E-state index < -0.39 is 5.91 Å². The molecule has 0 radical (unpaired) electrons. The molecule has 7 heteroatoms. The highest BCUT2D eigenvalue weighted by atomic mass is 32.1. The van der Waals surface area contributed by atoms with Gasteiger partial charge in [-0.15, -0.1) is 11.3 Å². The summed E-state index contributed by atoms with van der Waals surface area (Å²) in [6, 6.07) is 0. The minimum Gasteiger partial charge on any atom is -0.368 e. The molecule has 0 atom stereocenters. The molecule has 0 aliphatic rings.